The molecule has 0 saturated carbocycles. The molecule has 1 aliphatic heterocycles. The van der Waals surface area contributed by atoms with Gasteiger partial charge < -0.3 is 24.7 Å². The number of nitrogens with zero attached hydrogens (tertiary/aromatic N) is 4. The molecule has 0 aliphatic carbocycles. The van der Waals surface area contributed by atoms with Gasteiger partial charge in [-0.3, -0.25) is 4.79 Å². The van der Waals surface area contributed by atoms with E-state index in [0.717, 1.165) is 0 Å². The SMILES string of the molecule is CCOC(=O)N1CC[C@H](Nc2ncc(NC(=O)c3nc(-c4ccccc4)oc3C(F)(F)F)cn2)C1. The summed E-state index contributed by atoms with van der Waals surface area (Å²) in [7, 11) is 0. The first-order valence-corrected chi connectivity index (χ1v) is 10.7. The molecular formula is C22H21F3N6O4. The van der Waals surface area contributed by atoms with Crippen LogP contribution in [-0.4, -0.2) is 57.6 Å². The third kappa shape index (κ3) is 5.67. The van der Waals surface area contributed by atoms with Crippen molar-refractivity contribution in [3.05, 3.63) is 54.2 Å². The summed E-state index contributed by atoms with van der Waals surface area (Å²) in [6.07, 6.45) is -2.16. The number of benzene rings is 1. The van der Waals surface area contributed by atoms with Crippen LogP contribution in [0.2, 0.25) is 0 Å². The maximum absolute atomic E-state index is 13.5. The molecule has 4 rings (SSSR count). The van der Waals surface area contributed by atoms with Gasteiger partial charge in [0.15, 0.2) is 5.69 Å². The lowest BCUT2D eigenvalue weighted by molar-refractivity contribution is -0.153. The molecule has 184 valence electrons. The molecule has 3 heterocycles. The van der Waals surface area contributed by atoms with E-state index in [1.807, 2.05) is 0 Å². The zero-order valence-corrected chi connectivity index (χ0v) is 18.5. The fourth-order valence-corrected chi connectivity index (χ4v) is 3.47. The van der Waals surface area contributed by atoms with E-state index in [-0.39, 0.29) is 30.2 Å². The number of hydrogen-bond donors (Lipinski definition) is 2. The molecule has 35 heavy (non-hydrogen) atoms. The Morgan fingerprint density at radius 2 is 1.91 bits per heavy atom. The number of halogens is 3. The van der Waals surface area contributed by atoms with E-state index < -0.39 is 29.6 Å². The molecule has 0 spiro atoms. The van der Waals surface area contributed by atoms with E-state index in [0.29, 0.717) is 25.1 Å². The van der Waals surface area contributed by atoms with Gasteiger partial charge in [0, 0.05) is 24.7 Å². The van der Waals surface area contributed by atoms with Crippen molar-refractivity contribution in [3.63, 3.8) is 0 Å². The Bertz CT molecular complexity index is 1180. The van der Waals surface area contributed by atoms with Gasteiger partial charge in [0.1, 0.15) is 0 Å². The molecule has 1 aromatic carbocycles. The van der Waals surface area contributed by atoms with Crippen LogP contribution in [0.3, 0.4) is 0 Å². The van der Waals surface area contributed by atoms with Crippen LogP contribution in [0, 0.1) is 0 Å². The minimum atomic E-state index is -4.92. The number of rotatable bonds is 6. The van der Waals surface area contributed by atoms with Crippen LogP contribution in [0.4, 0.5) is 29.6 Å². The molecule has 1 saturated heterocycles. The Morgan fingerprint density at radius 1 is 1.20 bits per heavy atom. The summed E-state index contributed by atoms with van der Waals surface area (Å²) < 4.78 is 50.3. The largest absolute Gasteiger partial charge is 0.452 e. The summed E-state index contributed by atoms with van der Waals surface area (Å²) >= 11 is 0. The van der Waals surface area contributed by atoms with Crippen molar-refractivity contribution in [2.24, 2.45) is 0 Å². The molecule has 2 N–H and O–H groups in total. The summed E-state index contributed by atoms with van der Waals surface area (Å²) in [5.41, 5.74) is -0.537. The van der Waals surface area contributed by atoms with Gasteiger partial charge in [-0.1, -0.05) is 18.2 Å². The Balaban J connectivity index is 1.42. The van der Waals surface area contributed by atoms with E-state index in [1.54, 1.807) is 30.0 Å². The number of likely N-dealkylation sites (tertiary alicyclic amines) is 1. The minimum absolute atomic E-state index is 0.0671. The van der Waals surface area contributed by atoms with Gasteiger partial charge in [-0.15, -0.1) is 0 Å². The van der Waals surface area contributed by atoms with Gasteiger partial charge in [-0.25, -0.2) is 19.7 Å². The average molecular weight is 490 g/mol. The fraction of sp³-hybridized carbons (Fsp3) is 0.318. The van der Waals surface area contributed by atoms with Crippen molar-refractivity contribution in [1.82, 2.24) is 19.9 Å². The molecule has 0 unspecified atom stereocenters. The maximum Gasteiger partial charge on any atom is 0.452 e. The number of carbonyl (C=O) groups excluding carboxylic acids is 2. The summed E-state index contributed by atoms with van der Waals surface area (Å²) in [6, 6.07) is 7.85. The highest BCUT2D eigenvalue weighted by Gasteiger charge is 2.42. The molecule has 10 nitrogen and oxygen atoms in total. The fourth-order valence-electron chi connectivity index (χ4n) is 3.47. The predicted octanol–water partition coefficient (Wildman–Crippen LogP) is 4.05. The van der Waals surface area contributed by atoms with Crippen LogP contribution in [0.15, 0.2) is 47.1 Å². The second kappa shape index (κ2) is 9.99. The van der Waals surface area contributed by atoms with Gasteiger partial charge in [0.05, 0.1) is 24.7 Å². The third-order valence-electron chi connectivity index (χ3n) is 5.08. The van der Waals surface area contributed by atoms with Gasteiger partial charge in [-0.05, 0) is 25.5 Å². The van der Waals surface area contributed by atoms with Crippen molar-refractivity contribution in [1.29, 1.82) is 0 Å². The first-order chi connectivity index (χ1) is 16.7. The Labute approximate surface area is 197 Å². The highest BCUT2D eigenvalue weighted by atomic mass is 19.4. The summed E-state index contributed by atoms with van der Waals surface area (Å²) in [5, 5.41) is 5.38. The number of aromatic nitrogens is 3. The zero-order chi connectivity index (χ0) is 25.0. The molecule has 0 bridgehead atoms. The van der Waals surface area contributed by atoms with Crippen molar-refractivity contribution in [2.75, 3.05) is 30.3 Å². The maximum atomic E-state index is 13.5. The molecule has 0 radical (unpaired) electrons. The number of alkyl halides is 3. The van der Waals surface area contributed by atoms with E-state index in [9.17, 15) is 22.8 Å². The highest BCUT2D eigenvalue weighted by molar-refractivity contribution is 6.03. The van der Waals surface area contributed by atoms with E-state index in [2.05, 4.69) is 25.6 Å². The average Bonchev–Trinajstić information content (AvgIpc) is 3.49. The van der Waals surface area contributed by atoms with Crippen LogP contribution in [0.1, 0.15) is 29.6 Å². The lowest BCUT2D eigenvalue weighted by Crippen LogP contribution is -2.32. The van der Waals surface area contributed by atoms with Crippen LogP contribution in [-0.2, 0) is 10.9 Å². The molecule has 13 heteroatoms. The molecule has 3 aromatic rings. The number of oxazole rings is 1. The smallest absolute Gasteiger partial charge is 0.450 e. The Morgan fingerprint density at radius 3 is 2.57 bits per heavy atom. The second-order valence-corrected chi connectivity index (χ2v) is 7.58. The number of ether oxygens (including phenoxy) is 1. The van der Waals surface area contributed by atoms with Gasteiger partial charge in [0.25, 0.3) is 5.91 Å². The van der Waals surface area contributed by atoms with Crippen molar-refractivity contribution in [2.45, 2.75) is 25.6 Å². The van der Waals surface area contributed by atoms with Crippen LogP contribution < -0.4 is 10.6 Å². The highest BCUT2D eigenvalue weighted by Crippen LogP contribution is 2.35. The standard InChI is InChI=1S/C22H21F3N6O4/c1-2-34-21(33)31-9-8-14(12-31)29-20-26-10-15(11-27-20)28-18(32)16-17(22(23,24)25)35-19(30-16)13-6-4-3-5-7-13/h3-7,10-11,14H,2,8-9,12H2,1H3,(H,28,32)(H,26,27,29)/t14-/m0/s1. The third-order valence-corrected chi connectivity index (χ3v) is 5.08. The second-order valence-electron chi connectivity index (χ2n) is 7.58. The molecule has 1 fully saturated rings. The molecule has 2 amide bonds. The minimum Gasteiger partial charge on any atom is -0.450 e. The van der Waals surface area contributed by atoms with Gasteiger partial charge in [-0.2, -0.15) is 13.2 Å². The van der Waals surface area contributed by atoms with Gasteiger partial charge in [0.2, 0.25) is 17.6 Å². The lowest BCUT2D eigenvalue weighted by Gasteiger charge is -2.16. The van der Waals surface area contributed by atoms with Crippen LogP contribution in [0.25, 0.3) is 11.5 Å². The van der Waals surface area contributed by atoms with Crippen LogP contribution >= 0.6 is 0 Å². The Kier molecular flexibility index (Phi) is 6.85. The summed E-state index contributed by atoms with van der Waals surface area (Å²) in [6.45, 7) is 2.95. The quantitative estimate of drug-likeness (QED) is 0.531. The van der Waals surface area contributed by atoms with Gasteiger partial charge >= 0.3 is 12.3 Å². The molecule has 1 atom stereocenters. The van der Waals surface area contributed by atoms with Crippen molar-refractivity contribution < 1.29 is 31.9 Å². The first-order valence-electron chi connectivity index (χ1n) is 10.7. The number of anilines is 2. The molecule has 1 aliphatic rings. The van der Waals surface area contributed by atoms with Crippen LogP contribution in [0.5, 0.6) is 0 Å². The monoisotopic (exact) mass is 490 g/mol. The molecule has 2 aromatic heterocycles. The number of amides is 2. The molecular weight excluding hydrogens is 469 g/mol. The summed E-state index contributed by atoms with van der Waals surface area (Å²) in [4.78, 5) is 37.9. The Hall–Kier alpha value is -4.16. The number of carbonyl (C=O) groups is 2. The predicted molar refractivity (Wildman–Crippen MR) is 118 cm³/mol. The topological polar surface area (TPSA) is 122 Å². The van der Waals surface area contributed by atoms with E-state index in [4.69, 9.17) is 9.15 Å². The zero-order valence-electron chi connectivity index (χ0n) is 18.5. The first kappa shape index (κ1) is 24.0. The number of nitrogens with one attached hydrogen (secondary N) is 2. The van der Waals surface area contributed by atoms with Crippen molar-refractivity contribution in [3.8, 4) is 11.5 Å². The number of hydrogen-bond acceptors (Lipinski definition) is 8. The van der Waals surface area contributed by atoms with Crippen molar-refractivity contribution >= 4 is 23.6 Å². The lowest BCUT2D eigenvalue weighted by atomic mass is 10.2. The summed E-state index contributed by atoms with van der Waals surface area (Å²) in [5.74, 6) is -2.70. The van der Waals surface area contributed by atoms with E-state index in [1.165, 1.54) is 24.5 Å². The normalized spacial score (nSPS) is 15.7. The van der Waals surface area contributed by atoms with E-state index >= 15 is 0 Å².